The van der Waals surface area contributed by atoms with Gasteiger partial charge in [-0.3, -0.25) is 14.2 Å². The number of carbonyl (C=O) groups is 1. The van der Waals surface area contributed by atoms with Crippen LogP contribution in [-0.4, -0.2) is 26.9 Å². The molecule has 1 aliphatic carbocycles. The average Bonchev–Trinajstić information content (AvgIpc) is 3.61. The fourth-order valence-corrected chi connectivity index (χ4v) is 4.19. The number of fused-ring (bicyclic) bond motifs is 1. The predicted molar refractivity (Wildman–Crippen MR) is 120 cm³/mol. The van der Waals surface area contributed by atoms with Crippen LogP contribution in [-0.2, 0) is 4.79 Å². The molecule has 0 aliphatic heterocycles. The van der Waals surface area contributed by atoms with Gasteiger partial charge < -0.3 is 4.90 Å². The summed E-state index contributed by atoms with van der Waals surface area (Å²) < 4.78 is 15.3. The summed E-state index contributed by atoms with van der Waals surface area (Å²) in [7, 11) is 0. The Kier molecular flexibility index (Phi) is 6.10. The van der Waals surface area contributed by atoms with Gasteiger partial charge in [0.05, 0.1) is 27.7 Å². The van der Waals surface area contributed by atoms with E-state index in [1.54, 1.807) is 18.2 Å². The number of carbonyl (C=O) groups excluding carboxylic acids is 1. The number of hydrogen-bond donors (Lipinski definition) is 0. The van der Waals surface area contributed by atoms with E-state index in [4.69, 9.17) is 16.6 Å². The van der Waals surface area contributed by atoms with Crippen LogP contribution in [0.15, 0.2) is 47.3 Å². The number of amides is 1. The van der Waals surface area contributed by atoms with Crippen molar-refractivity contribution in [2.24, 2.45) is 5.92 Å². The summed E-state index contributed by atoms with van der Waals surface area (Å²) in [5.74, 6) is 0.0786. The van der Waals surface area contributed by atoms with Gasteiger partial charge in [0.25, 0.3) is 5.56 Å². The van der Waals surface area contributed by atoms with E-state index in [9.17, 15) is 14.0 Å². The molecular formula is C24H25ClFN3O2. The van der Waals surface area contributed by atoms with Gasteiger partial charge in [-0.25, -0.2) is 9.37 Å². The molecule has 0 saturated heterocycles. The van der Waals surface area contributed by atoms with Crippen molar-refractivity contribution >= 4 is 28.4 Å². The minimum Gasteiger partial charge on any atom is -0.332 e. The van der Waals surface area contributed by atoms with Crippen molar-refractivity contribution in [2.45, 2.75) is 45.6 Å². The Morgan fingerprint density at radius 1 is 1.26 bits per heavy atom. The minimum absolute atomic E-state index is 0.0569. The van der Waals surface area contributed by atoms with E-state index >= 15 is 0 Å². The number of halogens is 2. The monoisotopic (exact) mass is 441 g/mol. The van der Waals surface area contributed by atoms with Crippen LogP contribution in [0.2, 0.25) is 5.02 Å². The van der Waals surface area contributed by atoms with Gasteiger partial charge in [0.15, 0.2) is 0 Å². The predicted octanol–water partition coefficient (Wildman–Crippen LogP) is 5.28. The second kappa shape index (κ2) is 8.79. The summed E-state index contributed by atoms with van der Waals surface area (Å²) in [6, 6.07) is 10.9. The first-order valence-corrected chi connectivity index (χ1v) is 11.1. The quantitative estimate of drug-likeness (QED) is 0.501. The lowest BCUT2D eigenvalue weighted by atomic mass is 10.1. The highest BCUT2D eigenvalue weighted by atomic mass is 35.5. The van der Waals surface area contributed by atoms with Gasteiger partial charge in [0.2, 0.25) is 5.91 Å². The molecule has 0 radical (unpaired) electrons. The molecule has 1 saturated carbocycles. The summed E-state index contributed by atoms with van der Waals surface area (Å²) in [6.07, 6.45) is 3.20. The molecule has 7 heteroatoms. The van der Waals surface area contributed by atoms with E-state index in [1.807, 2.05) is 24.8 Å². The summed E-state index contributed by atoms with van der Waals surface area (Å²) in [4.78, 5) is 33.3. The highest BCUT2D eigenvalue weighted by Crippen LogP contribution is 2.35. The second-order valence-corrected chi connectivity index (χ2v) is 8.36. The zero-order valence-electron chi connectivity index (χ0n) is 17.6. The first-order chi connectivity index (χ1) is 15.0. The van der Waals surface area contributed by atoms with Gasteiger partial charge in [0.1, 0.15) is 11.6 Å². The fraction of sp³-hybridized carbons (Fsp3) is 0.375. The lowest BCUT2D eigenvalue weighted by Crippen LogP contribution is -2.39. The molecular weight excluding hydrogens is 417 g/mol. The molecule has 162 valence electrons. The lowest BCUT2D eigenvalue weighted by Gasteiger charge is -2.32. The van der Waals surface area contributed by atoms with Crippen molar-refractivity contribution in [1.29, 1.82) is 0 Å². The lowest BCUT2D eigenvalue weighted by molar-refractivity contribution is -0.135. The fourth-order valence-electron chi connectivity index (χ4n) is 4.01. The SMILES string of the molecule is CCCN(C(=O)C1CC1)[C@H](CC)c1nc2ccccc2c(=O)n1-c1ccc(F)c(Cl)c1. The molecule has 1 heterocycles. The Hall–Kier alpha value is -2.73. The molecule has 1 aromatic heterocycles. The van der Waals surface area contributed by atoms with E-state index in [0.717, 1.165) is 19.3 Å². The smallest absolute Gasteiger partial charge is 0.266 e. The maximum atomic E-state index is 13.8. The number of aromatic nitrogens is 2. The van der Waals surface area contributed by atoms with Crippen LogP contribution in [0.3, 0.4) is 0 Å². The zero-order valence-corrected chi connectivity index (χ0v) is 18.4. The van der Waals surface area contributed by atoms with Gasteiger partial charge >= 0.3 is 0 Å². The molecule has 0 N–H and O–H groups in total. The standard InChI is InChI=1S/C24H25ClFN3O2/c1-3-13-28(23(30)15-9-10-15)21(4-2)22-27-20-8-6-5-7-17(20)24(31)29(22)16-11-12-19(26)18(25)14-16/h5-8,11-12,14-15,21H,3-4,9-10,13H2,1-2H3/t21-/m1/s1. The second-order valence-electron chi connectivity index (χ2n) is 7.96. The number of benzene rings is 2. The van der Waals surface area contributed by atoms with E-state index < -0.39 is 5.82 Å². The number of rotatable bonds is 7. The van der Waals surface area contributed by atoms with Gasteiger partial charge in [-0.1, -0.05) is 37.6 Å². The molecule has 4 rings (SSSR count). The van der Waals surface area contributed by atoms with Crippen LogP contribution >= 0.6 is 11.6 Å². The van der Waals surface area contributed by atoms with Crippen molar-refractivity contribution in [3.8, 4) is 5.69 Å². The zero-order chi connectivity index (χ0) is 22.1. The van der Waals surface area contributed by atoms with Crippen molar-refractivity contribution < 1.29 is 9.18 Å². The Labute approximate surface area is 185 Å². The maximum absolute atomic E-state index is 13.8. The minimum atomic E-state index is -0.558. The first kappa shape index (κ1) is 21.5. The van der Waals surface area contributed by atoms with Gasteiger partial charge in [-0.2, -0.15) is 0 Å². The maximum Gasteiger partial charge on any atom is 0.266 e. The Bertz CT molecular complexity index is 1190. The summed E-state index contributed by atoms with van der Waals surface area (Å²) in [5.41, 5.74) is 0.733. The van der Waals surface area contributed by atoms with Crippen molar-refractivity contribution in [3.63, 3.8) is 0 Å². The van der Waals surface area contributed by atoms with Gasteiger partial charge in [-0.05, 0) is 56.0 Å². The van der Waals surface area contributed by atoms with Crippen LogP contribution in [0.1, 0.15) is 51.4 Å². The highest BCUT2D eigenvalue weighted by Gasteiger charge is 2.37. The van der Waals surface area contributed by atoms with Crippen molar-refractivity contribution in [2.75, 3.05) is 6.54 Å². The van der Waals surface area contributed by atoms with Crippen LogP contribution in [0.25, 0.3) is 16.6 Å². The molecule has 2 aromatic carbocycles. The molecule has 0 unspecified atom stereocenters. The van der Waals surface area contributed by atoms with Crippen molar-refractivity contribution in [3.05, 3.63) is 69.5 Å². The molecule has 5 nitrogen and oxygen atoms in total. The van der Waals surface area contributed by atoms with Crippen molar-refractivity contribution in [1.82, 2.24) is 14.5 Å². The molecule has 1 atom stereocenters. The van der Waals surface area contributed by atoms with E-state index in [2.05, 4.69) is 0 Å². The third kappa shape index (κ3) is 4.09. The van der Waals surface area contributed by atoms with Gasteiger partial charge in [0, 0.05) is 12.5 Å². The number of hydrogen-bond acceptors (Lipinski definition) is 3. The average molecular weight is 442 g/mol. The molecule has 0 spiro atoms. The number of para-hydroxylation sites is 1. The summed E-state index contributed by atoms with van der Waals surface area (Å²) in [6.45, 7) is 4.60. The van der Waals surface area contributed by atoms with Crippen LogP contribution in [0, 0.1) is 11.7 Å². The van der Waals surface area contributed by atoms with E-state index in [1.165, 1.54) is 22.8 Å². The topological polar surface area (TPSA) is 55.2 Å². The molecule has 0 bridgehead atoms. The molecule has 31 heavy (non-hydrogen) atoms. The summed E-state index contributed by atoms with van der Waals surface area (Å²) >= 11 is 6.04. The number of nitrogens with zero attached hydrogens (tertiary/aromatic N) is 3. The largest absolute Gasteiger partial charge is 0.332 e. The van der Waals surface area contributed by atoms with Crippen LogP contribution in [0.5, 0.6) is 0 Å². The molecule has 3 aromatic rings. The van der Waals surface area contributed by atoms with E-state index in [0.29, 0.717) is 35.4 Å². The summed E-state index contributed by atoms with van der Waals surface area (Å²) in [5, 5.41) is 0.383. The highest BCUT2D eigenvalue weighted by molar-refractivity contribution is 6.30. The Morgan fingerprint density at radius 2 is 2.00 bits per heavy atom. The van der Waals surface area contributed by atoms with E-state index in [-0.39, 0.29) is 28.4 Å². The molecule has 1 amide bonds. The van der Waals surface area contributed by atoms with Crippen LogP contribution in [0.4, 0.5) is 4.39 Å². The Balaban J connectivity index is 1.97. The normalized spacial score (nSPS) is 14.6. The molecule has 1 fully saturated rings. The van der Waals surface area contributed by atoms with Gasteiger partial charge in [-0.15, -0.1) is 0 Å². The molecule has 1 aliphatic rings. The Morgan fingerprint density at radius 3 is 2.65 bits per heavy atom. The third-order valence-corrected chi connectivity index (χ3v) is 5.99. The first-order valence-electron chi connectivity index (χ1n) is 10.7. The van der Waals surface area contributed by atoms with Crippen LogP contribution < -0.4 is 5.56 Å². The third-order valence-electron chi connectivity index (χ3n) is 5.70.